The molecule has 0 saturated heterocycles. The average Bonchev–Trinajstić information content (AvgIpc) is 2.24. The summed E-state index contributed by atoms with van der Waals surface area (Å²) in [4.78, 5) is 0. The van der Waals surface area contributed by atoms with Crippen molar-refractivity contribution in [2.24, 2.45) is 5.73 Å². The summed E-state index contributed by atoms with van der Waals surface area (Å²) in [6, 6.07) is 0. The highest BCUT2D eigenvalue weighted by molar-refractivity contribution is 4.41. The molecule has 0 aromatic heterocycles. The zero-order valence-corrected chi connectivity index (χ0v) is 9.74. The molecule has 0 radical (unpaired) electrons. The van der Waals surface area contributed by atoms with E-state index in [1.807, 2.05) is 13.8 Å². The van der Waals surface area contributed by atoms with Gasteiger partial charge in [-0.05, 0) is 13.8 Å². The van der Waals surface area contributed by atoms with E-state index in [9.17, 15) is 0 Å². The van der Waals surface area contributed by atoms with Crippen LogP contribution in [0.4, 0.5) is 0 Å². The van der Waals surface area contributed by atoms with Crippen LogP contribution in [-0.4, -0.2) is 52.5 Å². The van der Waals surface area contributed by atoms with Crippen molar-refractivity contribution < 1.29 is 18.9 Å². The van der Waals surface area contributed by atoms with E-state index < -0.39 is 0 Å². The summed E-state index contributed by atoms with van der Waals surface area (Å²) >= 11 is 0. The Morgan fingerprint density at radius 2 is 1.53 bits per heavy atom. The van der Waals surface area contributed by atoms with Gasteiger partial charge < -0.3 is 24.7 Å². The predicted octanol–water partition coefficient (Wildman–Crippen LogP) is 0.377. The lowest BCUT2D eigenvalue weighted by molar-refractivity contribution is -0.169. The van der Waals surface area contributed by atoms with E-state index in [1.165, 1.54) is 0 Å². The fourth-order valence-electron chi connectivity index (χ4n) is 0.999. The summed E-state index contributed by atoms with van der Waals surface area (Å²) in [6.45, 7) is 7.75. The Morgan fingerprint density at radius 3 is 2.07 bits per heavy atom. The highest BCUT2D eigenvalue weighted by Crippen LogP contribution is 1.96. The molecular weight excluding hydrogens is 198 g/mol. The molecule has 0 aromatic rings. The Hall–Kier alpha value is -0.200. The Balaban J connectivity index is 3.28. The molecule has 0 rings (SSSR count). The minimum atomic E-state index is -0.269. The van der Waals surface area contributed by atoms with Crippen LogP contribution < -0.4 is 5.73 Å². The molecule has 2 N–H and O–H groups in total. The molecule has 92 valence electrons. The first-order valence-electron chi connectivity index (χ1n) is 5.43. The molecule has 0 amide bonds. The van der Waals surface area contributed by atoms with Crippen LogP contribution in [-0.2, 0) is 18.9 Å². The monoisotopic (exact) mass is 221 g/mol. The van der Waals surface area contributed by atoms with Gasteiger partial charge in [0.1, 0.15) is 0 Å². The van der Waals surface area contributed by atoms with Crippen molar-refractivity contribution in [1.29, 1.82) is 0 Å². The van der Waals surface area contributed by atoms with Crippen molar-refractivity contribution >= 4 is 0 Å². The second-order valence-electron chi connectivity index (χ2n) is 2.82. The molecule has 0 atom stereocenters. The second kappa shape index (κ2) is 11.9. The topological polar surface area (TPSA) is 62.9 Å². The lowest BCUT2D eigenvalue weighted by atomic mass is 10.6. The van der Waals surface area contributed by atoms with Gasteiger partial charge in [0.2, 0.25) is 0 Å². The van der Waals surface area contributed by atoms with Gasteiger partial charge in [0, 0.05) is 19.8 Å². The predicted molar refractivity (Wildman–Crippen MR) is 57.7 cm³/mol. The molecule has 0 aromatic carbocycles. The quantitative estimate of drug-likeness (QED) is 0.403. The van der Waals surface area contributed by atoms with Gasteiger partial charge >= 0.3 is 0 Å². The normalized spacial score (nSPS) is 11.2. The summed E-state index contributed by atoms with van der Waals surface area (Å²) in [5.41, 5.74) is 5.26. The molecule has 15 heavy (non-hydrogen) atoms. The van der Waals surface area contributed by atoms with Gasteiger partial charge in [-0.25, -0.2) is 0 Å². The van der Waals surface area contributed by atoms with E-state index in [1.54, 1.807) is 0 Å². The van der Waals surface area contributed by atoms with Gasteiger partial charge in [-0.2, -0.15) is 0 Å². The largest absolute Gasteiger partial charge is 0.378 e. The fourth-order valence-corrected chi connectivity index (χ4v) is 0.999. The summed E-state index contributed by atoms with van der Waals surface area (Å²) < 4.78 is 21.1. The third-order valence-corrected chi connectivity index (χ3v) is 1.59. The molecule has 0 fully saturated rings. The maximum atomic E-state index is 5.33. The first kappa shape index (κ1) is 14.8. The Bertz CT molecular complexity index is 118. The SMILES string of the molecule is CCOC(COCCOCCN)OCC. The van der Waals surface area contributed by atoms with E-state index in [-0.39, 0.29) is 6.29 Å². The van der Waals surface area contributed by atoms with E-state index in [4.69, 9.17) is 24.7 Å². The highest BCUT2D eigenvalue weighted by atomic mass is 16.7. The molecule has 0 saturated carbocycles. The fraction of sp³-hybridized carbons (Fsp3) is 1.00. The molecule has 0 aliphatic heterocycles. The molecule has 5 heteroatoms. The van der Waals surface area contributed by atoms with E-state index in [2.05, 4.69) is 0 Å². The van der Waals surface area contributed by atoms with Gasteiger partial charge in [-0.15, -0.1) is 0 Å². The van der Waals surface area contributed by atoms with Gasteiger partial charge in [-0.1, -0.05) is 0 Å². The van der Waals surface area contributed by atoms with Crippen LogP contribution in [0.5, 0.6) is 0 Å². The van der Waals surface area contributed by atoms with Crippen LogP contribution >= 0.6 is 0 Å². The molecule has 0 spiro atoms. The zero-order valence-electron chi connectivity index (χ0n) is 9.74. The molecule has 0 heterocycles. The minimum absolute atomic E-state index is 0.269. The van der Waals surface area contributed by atoms with Crippen LogP contribution in [0.1, 0.15) is 13.8 Å². The zero-order chi connectivity index (χ0) is 11.4. The second-order valence-corrected chi connectivity index (χ2v) is 2.82. The maximum Gasteiger partial charge on any atom is 0.180 e. The van der Waals surface area contributed by atoms with Crippen LogP contribution in [0.3, 0.4) is 0 Å². The molecular formula is C10H23NO4. The smallest absolute Gasteiger partial charge is 0.180 e. The Labute approximate surface area is 91.8 Å². The number of hydrogen-bond acceptors (Lipinski definition) is 5. The third kappa shape index (κ3) is 10.1. The molecule has 0 aliphatic carbocycles. The maximum absolute atomic E-state index is 5.33. The number of rotatable bonds is 11. The van der Waals surface area contributed by atoms with Crippen LogP contribution in [0, 0.1) is 0 Å². The average molecular weight is 221 g/mol. The molecule has 0 bridgehead atoms. The standard InChI is InChI=1S/C10H23NO4/c1-3-14-10(15-4-2)9-13-8-7-12-6-5-11/h10H,3-9,11H2,1-2H3. The van der Waals surface area contributed by atoms with Crippen molar-refractivity contribution in [2.45, 2.75) is 20.1 Å². The molecule has 0 unspecified atom stereocenters. The van der Waals surface area contributed by atoms with Crippen molar-refractivity contribution in [3.05, 3.63) is 0 Å². The van der Waals surface area contributed by atoms with E-state index >= 15 is 0 Å². The first-order chi connectivity index (χ1) is 7.35. The Kier molecular flexibility index (Phi) is 11.7. The van der Waals surface area contributed by atoms with Gasteiger partial charge in [-0.3, -0.25) is 0 Å². The number of hydrogen-bond donors (Lipinski definition) is 1. The lowest BCUT2D eigenvalue weighted by Gasteiger charge is -2.16. The summed E-state index contributed by atoms with van der Waals surface area (Å²) in [7, 11) is 0. The number of ether oxygens (including phenoxy) is 4. The highest BCUT2D eigenvalue weighted by Gasteiger charge is 2.06. The lowest BCUT2D eigenvalue weighted by Crippen LogP contribution is -2.24. The van der Waals surface area contributed by atoms with Crippen molar-refractivity contribution in [3.8, 4) is 0 Å². The van der Waals surface area contributed by atoms with Crippen molar-refractivity contribution in [2.75, 3.05) is 46.2 Å². The molecule has 0 aliphatic rings. The van der Waals surface area contributed by atoms with Gasteiger partial charge in [0.15, 0.2) is 6.29 Å². The van der Waals surface area contributed by atoms with Gasteiger partial charge in [0.25, 0.3) is 0 Å². The minimum Gasteiger partial charge on any atom is -0.378 e. The first-order valence-corrected chi connectivity index (χ1v) is 5.43. The Morgan fingerprint density at radius 1 is 0.933 bits per heavy atom. The van der Waals surface area contributed by atoms with Crippen LogP contribution in [0.2, 0.25) is 0 Å². The molecule has 5 nitrogen and oxygen atoms in total. The summed E-state index contributed by atoms with van der Waals surface area (Å²) in [5, 5.41) is 0. The van der Waals surface area contributed by atoms with Crippen LogP contribution in [0.15, 0.2) is 0 Å². The van der Waals surface area contributed by atoms with Gasteiger partial charge in [0.05, 0.1) is 26.4 Å². The van der Waals surface area contributed by atoms with Crippen molar-refractivity contribution in [1.82, 2.24) is 0 Å². The third-order valence-electron chi connectivity index (χ3n) is 1.59. The summed E-state index contributed by atoms with van der Waals surface area (Å²) in [6.07, 6.45) is -0.269. The summed E-state index contributed by atoms with van der Waals surface area (Å²) in [5.74, 6) is 0. The van der Waals surface area contributed by atoms with Crippen LogP contribution in [0.25, 0.3) is 0 Å². The van der Waals surface area contributed by atoms with Crippen molar-refractivity contribution in [3.63, 3.8) is 0 Å². The van der Waals surface area contributed by atoms with E-state index in [0.717, 1.165) is 0 Å². The van der Waals surface area contributed by atoms with E-state index in [0.29, 0.717) is 46.2 Å². The number of nitrogens with two attached hydrogens (primary N) is 1.